The molecule has 0 bridgehead atoms. The average Bonchev–Trinajstić information content (AvgIpc) is 2.42. The number of rotatable bonds is 4. The molecule has 2 rings (SSSR count). The number of carboxylic acids is 1. The van der Waals surface area contributed by atoms with Crippen LogP contribution >= 0.6 is 0 Å². The van der Waals surface area contributed by atoms with Gasteiger partial charge in [-0.2, -0.15) is 0 Å². The largest absolute Gasteiger partial charge is 0.478 e. The molecule has 6 nitrogen and oxygen atoms in total. The monoisotopic (exact) mass is 286 g/mol. The lowest BCUT2D eigenvalue weighted by molar-refractivity contribution is -0.114. The number of anilines is 2. The molecule has 0 unspecified atom stereocenters. The summed E-state index contributed by atoms with van der Waals surface area (Å²) < 4.78 is 5.64. The summed E-state index contributed by atoms with van der Waals surface area (Å²) in [5.41, 5.74) is 6.57. The predicted molar refractivity (Wildman–Crippen MR) is 78.6 cm³/mol. The zero-order chi connectivity index (χ0) is 15.4. The molecule has 2 aromatic carbocycles. The Hall–Kier alpha value is -3.02. The number of nitrogen functional groups attached to an aromatic ring is 1. The van der Waals surface area contributed by atoms with Crippen molar-refractivity contribution in [1.82, 2.24) is 0 Å². The standard InChI is InChI=1S/C15H14N2O4/c1-9(18)17-12-4-2-3-5-14(12)21-13-7-6-10(15(19)20)8-11(13)16/h2-8H,16H2,1H3,(H,17,18)(H,19,20). The number of carbonyl (C=O) groups is 2. The van der Waals surface area contributed by atoms with E-state index in [1.807, 2.05) is 0 Å². The van der Waals surface area contributed by atoms with E-state index < -0.39 is 5.97 Å². The highest BCUT2D eigenvalue weighted by Crippen LogP contribution is 2.32. The Morgan fingerprint density at radius 1 is 1.14 bits per heavy atom. The van der Waals surface area contributed by atoms with Crippen molar-refractivity contribution in [3.05, 3.63) is 48.0 Å². The van der Waals surface area contributed by atoms with Gasteiger partial charge < -0.3 is 20.9 Å². The fraction of sp³-hybridized carbons (Fsp3) is 0.0667. The lowest BCUT2D eigenvalue weighted by atomic mass is 10.2. The van der Waals surface area contributed by atoms with Crippen LogP contribution in [0.25, 0.3) is 0 Å². The topological polar surface area (TPSA) is 102 Å². The Morgan fingerprint density at radius 3 is 2.48 bits per heavy atom. The van der Waals surface area contributed by atoms with Gasteiger partial charge in [0, 0.05) is 6.92 Å². The number of nitrogens with one attached hydrogen (secondary N) is 1. The molecule has 4 N–H and O–H groups in total. The molecule has 21 heavy (non-hydrogen) atoms. The molecule has 0 atom stereocenters. The summed E-state index contributed by atoms with van der Waals surface area (Å²) in [7, 11) is 0. The lowest BCUT2D eigenvalue weighted by Crippen LogP contribution is -2.07. The van der Waals surface area contributed by atoms with Crippen LogP contribution in [0.1, 0.15) is 17.3 Å². The number of para-hydroxylation sites is 2. The maximum Gasteiger partial charge on any atom is 0.335 e. The summed E-state index contributed by atoms with van der Waals surface area (Å²) in [6.07, 6.45) is 0. The summed E-state index contributed by atoms with van der Waals surface area (Å²) in [6.45, 7) is 1.40. The van der Waals surface area contributed by atoms with Crippen molar-refractivity contribution in [2.45, 2.75) is 6.92 Å². The molecule has 0 aromatic heterocycles. The molecule has 0 aliphatic carbocycles. The van der Waals surface area contributed by atoms with E-state index in [9.17, 15) is 9.59 Å². The van der Waals surface area contributed by atoms with Gasteiger partial charge in [-0.15, -0.1) is 0 Å². The minimum atomic E-state index is -1.06. The Bertz CT molecular complexity index is 698. The minimum Gasteiger partial charge on any atom is -0.478 e. The first-order chi connectivity index (χ1) is 9.97. The molecule has 0 fully saturated rings. The third-order valence-electron chi connectivity index (χ3n) is 2.67. The van der Waals surface area contributed by atoms with Crippen LogP contribution in [0.3, 0.4) is 0 Å². The van der Waals surface area contributed by atoms with Crippen LogP contribution < -0.4 is 15.8 Å². The molecule has 0 aliphatic rings. The van der Waals surface area contributed by atoms with Crippen LogP contribution in [0.2, 0.25) is 0 Å². The Balaban J connectivity index is 2.30. The number of benzene rings is 2. The lowest BCUT2D eigenvalue weighted by Gasteiger charge is -2.13. The fourth-order valence-electron chi connectivity index (χ4n) is 1.74. The molecule has 6 heteroatoms. The number of nitrogens with two attached hydrogens (primary N) is 1. The molecule has 0 saturated carbocycles. The van der Waals surface area contributed by atoms with Gasteiger partial charge in [0.1, 0.15) is 5.75 Å². The fourth-order valence-corrected chi connectivity index (χ4v) is 1.74. The van der Waals surface area contributed by atoms with Gasteiger partial charge in [-0.3, -0.25) is 4.79 Å². The molecule has 0 aliphatic heterocycles. The number of carbonyl (C=O) groups excluding carboxylic acids is 1. The smallest absolute Gasteiger partial charge is 0.335 e. The van der Waals surface area contributed by atoms with Gasteiger partial charge >= 0.3 is 5.97 Å². The molecule has 0 heterocycles. The number of ether oxygens (including phenoxy) is 1. The predicted octanol–water partition coefficient (Wildman–Crippen LogP) is 2.72. The highest BCUT2D eigenvalue weighted by molar-refractivity contribution is 5.91. The van der Waals surface area contributed by atoms with E-state index in [-0.39, 0.29) is 17.2 Å². The number of amides is 1. The third kappa shape index (κ3) is 3.50. The molecule has 0 radical (unpaired) electrons. The van der Waals surface area contributed by atoms with Crippen LogP contribution in [0.4, 0.5) is 11.4 Å². The van der Waals surface area contributed by atoms with E-state index in [1.54, 1.807) is 24.3 Å². The first-order valence-electron chi connectivity index (χ1n) is 6.14. The van der Waals surface area contributed by atoms with Crippen molar-refractivity contribution in [2.75, 3.05) is 11.1 Å². The molecular formula is C15H14N2O4. The van der Waals surface area contributed by atoms with Crippen molar-refractivity contribution in [2.24, 2.45) is 0 Å². The number of hydrogen-bond acceptors (Lipinski definition) is 4. The first kappa shape index (κ1) is 14.4. The van der Waals surface area contributed by atoms with Crippen molar-refractivity contribution >= 4 is 23.3 Å². The van der Waals surface area contributed by atoms with E-state index in [0.717, 1.165) is 0 Å². The zero-order valence-corrected chi connectivity index (χ0v) is 11.3. The van der Waals surface area contributed by atoms with Gasteiger partial charge in [0.25, 0.3) is 0 Å². The summed E-state index contributed by atoms with van der Waals surface area (Å²) in [5, 5.41) is 11.5. The Morgan fingerprint density at radius 2 is 1.86 bits per heavy atom. The molecular weight excluding hydrogens is 272 g/mol. The second kappa shape index (κ2) is 5.96. The summed E-state index contributed by atoms with van der Waals surface area (Å²) >= 11 is 0. The maximum absolute atomic E-state index is 11.1. The Labute approximate surface area is 121 Å². The van der Waals surface area contributed by atoms with E-state index in [1.165, 1.54) is 25.1 Å². The molecule has 108 valence electrons. The summed E-state index contributed by atoms with van der Waals surface area (Å²) in [5.74, 6) is -0.549. The van der Waals surface area contributed by atoms with Gasteiger partial charge in [-0.1, -0.05) is 12.1 Å². The van der Waals surface area contributed by atoms with E-state index in [0.29, 0.717) is 17.2 Å². The molecule has 1 amide bonds. The first-order valence-corrected chi connectivity index (χ1v) is 6.14. The van der Waals surface area contributed by atoms with E-state index >= 15 is 0 Å². The Kier molecular flexibility index (Phi) is 4.08. The van der Waals surface area contributed by atoms with Gasteiger partial charge in [0.2, 0.25) is 5.91 Å². The molecule has 2 aromatic rings. The SMILES string of the molecule is CC(=O)Nc1ccccc1Oc1ccc(C(=O)O)cc1N. The summed E-state index contributed by atoms with van der Waals surface area (Å²) in [6, 6.07) is 11.1. The van der Waals surface area contributed by atoms with Gasteiger partial charge in [-0.25, -0.2) is 4.79 Å². The van der Waals surface area contributed by atoms with Crippen molar-refractivity contribution in [3.63, 3.8) is 0 Å². The van der Waals surface area contributed by atoms with Crippen LogP contribution in [-0.2, 0) is 4.79 Å². The second-order valence-corrected chi connectivity index (χ2v) is 4.34. The number of carboxylic acid groups (broad SMARTS) is 1. The molecule has 0 saturated heterocycles. The highest BCUT2D eigenvalue weighted by atomic mass is 16.5. The third-order valence-corrected chi connectivity index (χ3v) is 2.67. The van der Waals surface area contributed by atoms with E-state index in [2.05, 4.69) is 5.32 Å². The van der Waals surface area contributed by atoms with Crippen LogP contribution in [-0.4, -0.2) is 17.0 Å². The van der Waals surface area contributed by atoms with Crippen molar-refractivity contribution in [3.8, 4) is 11.5 Å². The minimum absolute atomic E-state index is 0.0787. The van der Waals surface area contributed by atoms with Crippen LogP contribution in [0.15, 0.2) is 42.5 Å². The normalized spacial score (nSPS) is 9.95. The number of hydrogen-bond donors (Lipinski definition) is 3. The number of aromatic carboxylic acids is 1. The van der Waals surface area contributed by atoms with Gasteiger partial charge in [-0.05, 0) is 30.3 Å². The summed E-state index contributed by atoms with van der Waals surface area (Å²) in [4.78, 5) is 22.0. The highest BCUT2D eigenvalue weighted by Gasteiger charge is 2.10. The average molecular weight is 286 g/mol. The van der Waals surface area contributed by atoms with Crippen molar-refractivity contribution in [1.29, 1.82) is 0 Å². The van der Waals surface area contributed by atoms with Gasteiger partial charge in [0.15, 0.2) is 5.75 Å². The van der Waals surface area contributed by atoms with Crippen molar-refractivity contribution < 1.29 is 19.4 Å². The van der Waals surface area contributed by atoms with Gasteiger partial charge in [0.05, 0.1) is 16.9 Å². The van der Waals surface area contributed by atoms with Crippen LogP contribution in [0.5, 0.6) is 11.5 Å². The molecule has 0 spiro atoms. The van der Waals surface area contributed by atoms with E-state index in [4.69, 9.17) is 15.6 Å². The second-order valence-electron chi connectivity index (χ2n) is 4.34. The quantitative estimate of drug-likeness (QED) is 0.750. The maximum atomic E-state index is 11.1. The van der Waals surface area contributed by atoms with Crippen LogP contribution in [0, 0.1) is 0 Å². The zero-order valence-electron chi connectivity index (χ0n) is 11.3.